The van der Waals surface area contributed by atoms with E-state index in [2.05, 4.69) is 17.6 Å². The molecule has 0 radical (unpaired) electrons. The van der Waals surface area contributed by atoms with Crippen molar-refractivity contribution in [1.82, 2.24) is 10.6 Å². The molecule has 2 N–H and O–H groups in total. The van der Waals surface area contributed by atoms with E-state index < -0.39 is 5.97 Å². The second kappa shape index (κ2) is 8.57. The fourth-order valence-electron chi connectivity index (χ4n) is 3.07. The largest absolute Gasteiger partial charge is 0.496 e. The minimum Gasteiger partial charge on any atom is -0.496 e. The molecular weight excluding hydrogens is 308 g/mol. The van der Waals surface area contributed by atoms with Crippen molar-refractivity contribution in [1.29, 1.82) is 0 Å². The summed E-state index contributed by atoms with van der Waals surface area (Å²) >= 11 is 0. The Kier molecular flexibility index (Phi) is 6.46. The van der Waals surface area contributed by atoms with Crippen LogP contribution in [0, 0.1) is 5.92 Å². The molecule has 0 spiro atoms. The molecule has 132 valence electrons. The van der Waals surface area contributed by atoms with Gasteiger partial charge in [-0.1, -0.05) is 25.8 Å². The van der Waals surface area contributed by atoms with E-state index in [9.17, 15) is 9.59 Å². The Balaban J connectivity index is 1.93. The Bertz CT molecular complexity index is 588. The first-order valence-corrected chi connectivity index (χ1v) is 8.34. The molecule has 0 bridgehead atoms. The van der Waals surface area contributed by atoms with Crippen molar-refractivity contribution in [3.63, 3.8) is 0 Å². The number of rotatable bonds is 5. The minimum atomic E-state index is -0.464. The molecule has 2 atom stereocenters. The van der Waals surface area contributed by atoms with Crippen LogP contribution in [0.15, 0.2) is 18.2 Å². The van der Waals surface area contributed by atoms with Crippen LogP contribution in [-0.2, 0) is 11.3 Å². The second-order valence-corrected chi connectivity index (χ2v) is 6.22. The van der Waals surface area contributed by atoms with Gasteiger partial charge < -0.3 is 20.1 Å². The van der Waals surface area contributed by atoms with E-state index in [0.29, 0.717) is 23.8 Å². The lowest BCUT2D eigenvalue weighted by molar-refractivity contribution is 0.0597. The number of amides is 2. The monoisotopic (exact) mass is 334 g/mol. The fourth-order valence-corrected chi connectivity index (χ4v) is 3.07. The zero-order valence-corrected chi connectivity index (χ0v) is 14.6. The van der Waals surface area contributed by atoms with Crippen LogP contribution in [0.5, 0.6) is 5.75 Å². The van der Waals surface area contributed by atoms with Crippen molar-refractivity contribution >= 4 is 12.0 Å². The third-order valence-corrected chi connectivity index (χ3v) is 4.55. The van der Waals surface area contributed by atoms with Gasteiger partial charge in [0.25, 0.3) is 0 Å². The number of nitrogens with one attached hydrogen (secondary N) is 2. The van der Waals surface area contributed by atoms with Gasteiger partial charge in [-0.15, -0.1) is 0 Å². The van der Waals surface area contributed by atoms with Crippen LogP contribution < -0.4 is 15.4 Å². The zero-order valence-electron chi connectivity index (χ0n) is 14.6. The summed E-state index contributed by atoms with van der Waals surface area (Å²) < 4.78 is 9.91. The molecule has 2 amide bonds. The van der Waals surface area contributed by atoms with Crippen LogP contribution in [0.3, 0.4) is 0 Å². The lowest BCUT2D eigenvalue weighted by Crippen LogP contribution is -2.45. The van der Waals surface area contributed by atoms with E-state index in [0.717, 1.165) is 24.8 Å². The molecule has 24 heavy (non-hydrogen) atoms. The van der Waals surface area contributed by atoms with Crippen molar-refractivity contribution in [3.8, 4) is 5.75 Å². The first-order valence-electron chi connectivity index (χ1n) is 8.34. The van der Waals surface area contributed by atoms with Crippen molar-refractivity contribution in [2.24, 2.45) is 5.92 Å². The Morgan fingerprint density at radius 3 is 2.62 bits per heavy atom. The van der Waals surface area contributed by atoms with Crippen LogP contribution >= 0.6 is 0 Å². The predicted molar refractivity (Wildman–Crippen MR) is 91.1 cm³/mol. The van der Waals surface area contributed by atoms with Crippen molar-refractivity contribution < 1.29 is 19.1 Å². The van der Waals surface area contributed by atoms with Gasteiger partial charge in [-0.25, -0.2) is 9.59 Å². The normalized spacial score (nSPS) is 20.1. The van der Waals surface area contributed by atoms with E-state index in [1.807, 2.05) is 6.07 Å². The van der Waals surface area contributed by atoms with Crippen LogP contribution in [0.4, 0.5) is 4.79 Å². The van der Waals surface area contributed by atoms with Gasteiger partial charge in [0, 0.05) is 12.6 Å². The molecule has 0 heterocycles. The summed E-state index contributed by atoms with van der Waals surface area (Å²) in [4.78, 5) is 23.9. The van der Waals surface area contributed by atoms with Gasteiger partial charge in [0.05, 0.1) is 14.2 Å². The maximum Gasteiger partial charge on any atom is 0.341 e. The van der Waals surface area contributed by atoms with E-state index in [1.165, 1.54) is 20.6 Å². The standard InChI is InChI=1S/C18H26N2O4/c1-12-6-4-5-7-15(12)20-18(22)19-11-13-8-9-16(23-2)14(10-13)17(21)24-3/h8-10,12,15H,4-7,11H2,1-3H3,(H2,19,20,22)/t12-,15+/m0/s1. The number of carbonyl (C=O) groups is 2. The quantitative estimate of drug-likeness (QED) is 0.812. The van der Waals surface area contributed by atoms with Gasteiger partial charge in [0.1, 0.15) is 11.3 Å². The Morgan fingerprint density at radius 1 is 1.21 bits per heavy atom. The van der Waals surface area contributed by atoms with Gasteiger partial charge in [-0.05, 0) is 36.5 Å². The first-order chi connectivity index (χ1) is 11.5. The molecule has 0 aromatic heterocycles. The molecule has 1 aromatic rings. The number of hydrogen-bond acceptors (Lipinski definition) is 4. The molecule has 1 saturated carbocycles. The average Bonchev–Trinajstić information content (AvgIpc) is 2.61. The molecular formula is C18H26N2O4. The molecule has 0 saturated heterocycles. The number of ether oxygens (including phenoxy) is 2. The van der Waals surface area contributed by atoms with Gasteiger partial charge in [0.15, 0.2) is 0 Å². The number of hydrogen-bond donors (Lipinski definition) is 2. The third-order valence-electron chi connectivity index (χ3n) is 4.55. The Labute approximate surface area is 142 Å². The highest BCUT2D eigenvalue weighted by atomic mass is 16.5. The summed E-state index contributed by atoms with van der Waals surface area (Å²) in [5, 5.41) is 5.89. The fraction of sp³-hybridized carbons (Fsp3) is 0.556. The highest BCUT2D eigenvalue weighted by Crippen LogP contribution is 2.23. The Morgan fingerprint density at radius 2 is 1.96 bits per heavy atom. The van der Waals surface area contributed by atoms with Crippen molar-refractivity contribution in [3.05, 3.63) is 29.3 Å². The number of urea groups is 1. The SMILES string of the molecule is COC(=O)c1cc(CNC(=O)N[C@@H]2CCCC[C@@H]2C)ccc1OC. The first kappa shape index (κ1) is 18.1. The molecule has 0 unspecified atom stereocenters. The average molecular weight is 334 g/mol. The van der Waals surface area contributed by atoms with E-state index in [1.54, 1.807) is 12.1 Å². The zero-order chi connectivity index (χ0) is 17.5. The summed E-state index contributed by atoms with van der Waals surface area (Å²) in [5.74, 6) is 0.497. The minimum absolute atomic E-state index is 0.177. The van der Waals surface area contributed by atoms with E-state index >= 15 is 0 Å². The molecule has 6 nitrogen and oxygen atoms in total. The summed E-state index contributed by atoms with van der Waals surface area (Å²) in [7, 11) is 2.82. The lowest BCUT2D eigenvalue weighted by Gasteiger charge is -2.29. The maximum absolute atomic E-state index is 12.1. The molecule has 0 aliphatic heterocycles. The molecule has 2 rings (SSSR count). The van der Waals surface area contributed by atoms with Crippen LogP contribution in [0.2, 0.25) is 0 Å². The summed E-state index contributed by atoms with van der Waals surface area (Å²) in [5.41, 5.74) is 1.16. The highest BCUT2D eigenvalue weighted by Gasteiger charge is 2.22. The smallest absolute Gasteiger partial charge is 0.341 e. The van der Waals surface area contributed by atoms with Crippen LogP contribution in [0.25, 0.3) is 0 Å². The summed E-state index contributed by atoms with van der Waals surface area (Å²) in [6.45, 7) is 2.51. The Hall–Kier alpha value is -2.24. The van der Waals surface area contributed by atoms with Gasteiger partial charge in [0.2, 0.25) is 0 Å². The topological polar surface area (TPSA) is 76.7 Å². The summed E-state index contributed by atoms with van der Waals surface area (Å²) in [6, 6.07) is 5.25. The lowest BCUT2D eigenvalue weighted by atomic mass is 9.86. The second-order valence-electron chi connectivity index (χ2n) is 6.22. The van der Waals surface area contributed by atoms with Crippen LogP contribution in [-0.4, -0.2) is 32.3 Å². The molecule has 1 aliphatic carbocycles. The van der Waals surface area contributed by atoms with E-state index in [4.69, 9.17) is 9.47 Å². The van der Waals surface area contributed by atoms with Gasteiger partial charge >= 0.3 is 12.0 Å². The molecule has 6 heteroatoms. The highest BCUT2D eigenvalue weighted by molar-refractivity contribution is 5.92. The summed E-state index contributed by atoms with van der Waals surface area (Å²) in [6.07, 6.45) is 4.59. The number of carbonyl (C=O) groups excluding carboxylic acids is 2. The number of esters is 1. The van der Waals surface area contributed by atoms with E-state index in [-0.39, 0.29) is 12.1 Å². The molecule has 1 fully saturated rings. The predicted octanol–water partition coefficient (Wildman–Crippen LogP) is 2.86. The third kappa shape index (κ3) is 4.63. The van der Waals surface area contributed by atoms with Crippen molar-refractivity contribution in [2.45, 2.75) is 45.2 Å². The van der Waals surface area contributed by atoms with Gasteiger partial charge in [-0.2, -0.15) is 0 Å². The molecule has 1 aliphatic rings. The van der Waals surface area contributed by atoms with Crippen LogP contribution in [0.1, 0.15) is 48.5 Å². The number of methoxy groups -OCH3 is 2. The maximum atomic E-state index is 12.1. The van der Waals surface area contributed by atoms with Gasteiger partial charge in [-0.3, -0.25) is 0 Å². The van der Waals surface area contributed by atoms with Crippen molar-refractivity contribution in [2.75, 3.05) is 14.2 Å². The number of benzene rings is 1. The molecule has 1 aromatic carbocycles.